The topological polar surface area (TPSA) is 26.3 Å². The molecule has 0 unspecified atom stereocenters. The van der Waals surface area contributed by atoms with E-state index in [0.29, 0.717) is 5.06 Å². The van der Waals surface area contributed by atoms with E-state index in [1.807, 2.05) is 17.5 Å². The summed E-state index contributed by atoms with van der Waals surface area (Å²) in [6.07, 6.45) is 3.18. The van der Waals surface area contributed by atoms with Crippen molar-refractivity contribution >= 4 is 17.3 Å². The fraction of sp³-hybridized carbons (Fsp3) is 0.444. The largest absolute Gasteiger partial charge is 0.415 e. The third-order valence-corrected chi connectivity index (χ3v) is 2.88. The second kappa shape index (κ2) is 3.27. The van der Waals surface area contributed by atoms with Crippen LogP contribution in [0.25, 0.3) is 0 Å². The van der Waals surface area contributed by atoms with Crippen molar-refractivity contribution in [2.75, 3.05) is 0 Å². The van der Waals surface area contributed by atoms with Crippen molar-refractivity contribution in [1.82, 2.24) is 0 Å². The van der Waals surface area contributed by atoms with E-state index in [4.69, 9.17) is 4.74 Å². The minimum absolute atomic E-state index is 0.0521. The van der Waals surface area contributed by atoms with E-state index in [0.717, 1.165) is 12.8 Å². The van der Waals surface area contributed by atoms with Crippen LogP contribution in [0.3, 0.4) is 0 Å². The van der Waals surface area contributed by atoms with E-state index in [1.165, 1.54) is 17.8 Å². The average molecular weight is 182 g/mol. The van der Waals surface area contributed by atoms with Gasteiger partial charge >= 0.3 is 5.97 Å². The third-order valence-electron chi connectivity index (χ3n) is 2.13. The summed E-state index contributed by atoms with van der Waals surface area (Å²) >= 11 is 1.46. The molecule has 1 aliphatic carbocycles. The second-order valence-corrected chi connectivity index (χ2v) is 3.89. The molecule has 0 N–H and O–H groups in total. The van der Waals surface area contributed by atoms with Crippen LogP contribution in [0, 0.1) is 5.92 Å². The summed E-state index contributed by atoms with van der Waals surface area (Å²) in [5.74, 6) is 0.121. The number of ether oxygens (including phenoxy) is 1. The van der Waals surface area contributed by atoms with Crippen LogP contribution in [-0.4, -0.2) is 5.97 Å². The van der Waals surface area contributed by atoms with Crippen molar-refractivity contribution in [3.63, 3.8) is 0 Å². The highest BCUT2D eigenvalue weighted by molar-refractivity contribution is 7.11. The molecule has 0 radical (unpaired) electrons. The maximum atomic E-state index is 11.3. The molecule has 2 nitrogen and oxygen atoms in total. The van der Waals surface area contributed by atoms with Gasteiger partial charge in [0.05, 0.1) is 5.92 Å². The van der Waals surface area contributed by atoms with Crippen LogP contribution in [0.5, 0.6) is 5.06 Å². The summed E-state index contributed by atoms with van der Waals surface area (Å²) in [5.41, 5.74) is 0. The Kier molecular flexibility index (Phi) is 2.13. The molecule has 2 rings (SSSR count). The lowest BCUT2D eigenvalue weighted by Gasteiger charge is -2.22. The van der Waals surface area contributed by atoms with E-state index >= 15 is 0 Å². The number of esters is 1. The Balaban J connectivity index is 1.90. The van der Waals surface area contributed by atoms with Gasteiger partial charge in [0.15, 0.2) is 5.06 Å². The van der Waals surface area contributed by atoms with E-state index in [9.17, 15) is 4.79 Å². The lowest BCUT2D eigenvalue weighted by Crippen LogP contribution is -2.25. The Morgan fingerprint density at radius 1 is 1.58 bits per heavy atom. The number of thiophene rings is 1. The van der Waals surface area contributed by atoms with Crippen LogP contribution < -0.4 is 4.74 Å². The molecule has 3 heteroatoms. The van der Waals surface area contributed by atoms with Gasteiger partial charge in [-0.05, 0) is 30.4 Å². The zero-order valence-corrected chi connectivity index (χ0v) is 7.47. The van der Waals surface area contributed by atoms with Gasteiger partial charge in [0.25, 0.3) is 0 Å². The molecule has 64 valence electrons. The van der Waals surface area contributed by atoms with Gasteiger partial charge < -0.3 is 4.74 Å². The molecule has 0 saturated heterocycles. The summed E-state index contributed by atoms with van der Waals surface area (Å²) in [7, 11) is 0. The molecule has 0 aliphatic heterocycles. The minimum Gasteiger partial charge on any atom is -0.415 e. The molecule has 12 heavy (non-hydrogen) atoms. The molecule has 0 spiro atoms. The molecule has 1 fully saturated rings. The van der Waals surface area contributed by atoms with E-state index < -0.39 is 0 Å². The minimum atomic E-state index is -0.0521. The predicted octanol–water partition coefficient (Wildman–Crippen LogP) is 2.45. The van der Waals surface area contributed by atoms with Gasteiger partial charge in [-0.3, -0.25) is 4.79 Å². The molecule has 1 aromatic heterocycles. The first-order valence-corrected chi connectivity index (χ1v) is 4.99. The summed E-state index contributed by atoms with van der Waals surface area (Å²) in [5, 5.41) is 2.62. The molecular formula is C9H10O2S. The van der Waals surface area contributed by atoms with Gasteiger partial charge in [-0.25, -0.2) is 0 Å². The number of hydrogen-bond donors (Lipinski definition) is 0. The zero-order chi connectivity index (χ0) is 8.39. The second-order valence-electron chi connectivity index (χ2n) is 2.98. The normalized spacial score (nSPS) is 17.0. The van der Waals surface area contributed by atoms with Gasteiger partial charge in [-0.1, -0.05) is 6.42 Å². The first kappa shape index (κ1) is 7.80. The number of hydrogen-bond acceptors (Lipinski definition) is 3. The quantitative estimate of drug-likeness (QED) is 0.657. The van der Waals surface area contributed by atoms with E-state index in [-0.39, 0.29) is 11.9 Å². The molecule has 1 aliphatic rings. The lowest BCUT2D eigenvalue weighted by atomic mass is 9.86. The third kappa shape index (κ3) is 1.50. The highest BCUT2D eigenvalue weighted by atomic mass is 32.1. The van der Waals surface area contributed by atoms with Crippen LogP contribution in [0.2, 0.25) is 0 Å². The summed E-state index contributed by atoms with van der Waals surface area (Å²) in [6, 6.07) is 3.70. The van der Waals surface area contributed by atoms with Crippen LogP contribution in [-0.2, 0) is 4.79 Å². The SMILES string of the molecule is O=C(Oc1cccs1)C1CCC1. The zero-order valence-electron chi connectivity index (χ0n) is 6.66. The fourth-order valence-electron chi connectivity index (χ4n) is 1.15. The maximum Gasteiger partial charge on any atom is 0.315 e. The van der Waals surface area contributed by atoms with Gasteiger partial charge in [0.1, 0.15) is 0 Å². The molecular weight excluding hydrogens is 172 g/mol. The van der Waals surface area contributed by atoms with Crippen LogP contribution in [0.4, 0.5) is 0 Å². The highest BCUT2D eigenvalue weighted by Crippen LogP contribution is 2.29. The predicted molar refractivity (Wildman–Crippen MR) is 47.3 cm³/mol. The van der Waals surface area contributed by atoms with Crippen LogP contribution in [0.1, 0.15) is 19.3 Å². The summed E-state index contributed by atoms with van der Waals surface area (Å²) in [4.78, 5) is 11.3. The van der Waals surface area contributed by atoms with Gasteiger partial charge in [0, 0.05) is 0 Å². The smallest absolute Gasteiger partial charge is 0.315 e. The number of carbonyl (C=O) groups excluding carboxylic acids is 1. The van der Waals surface area contributed by atoms with E-state index in [1.54, 1.807) is 0 Å². The average Bonchev–Trinajstić information content (AvgIpc) is 2.34. The van der Waals surface area contributed by atoms with Crippen LogP contribution >= 0.6 is 11.3 Å². The van der Waals surface area contributed by atoms with Crippen molar-refractivity contribution < 1.29 is 9.53 Å². The Hall–Kier alpha value is -0.830. The molecule has 1 heterocycles. The van der Waals surface area contributed by atoms with Gasteiger partial charge in [-0.15, -0.1) is 11.3 Å². The first-order valence-electron chi connectivity index (χ1n) is 4.11. The maximum absolute atomic E-state index is 11.3. The Morgan fingerprint density at radius 3 is 2.92 bits per heavy atom. The molecule has 1 aromatic rings. The van der Waals surface area contributed by atoms with Crippen molar-refractivity contribution in [2.45, 2.75) is 19.3 Å². The summed E-state index contributed by atoms with van der Waals surface area (Å²) in [6.45, 7) is 0. The Bertz CT molecular complexity index is 262. The van der Waals surface area contributed by atoms with Crippen molar-refractivity contribution in [3.05, 3.63) is 17.5 Å². The lowest BCUT2D eigenvalue weighted by molar-refractivity contribution is -0.141. The van der Waals surface area contributed by atoms with Crippen molar-refractivity contribution in [1.29, 1.82) is 0 Å². The molecule has 0 atom stereocenters. The van der Waals surface area contributed by atoms with Crippen molar-refractivity contribution in [3.8, 4) is 5.06 Å². The van der Waals surface area contributed by atoms with E-state index in [2.05, 4.69) is 0 Å². The number of carbonyl (C=O) groups is 1. The Morgan fingerprint density at radius 2 is 2.42 bits per heavy atom. The molecule has 0 bridgehead atoms. The summed E-state index contributed by atoms with van der Waals surface area (Å²) < 4.78 is 5.14. The molecule has 0 amide bonds. The number of rotatable bonds is 2. The Labute approximate surface area is 75.2 Å². The highest BCUT2D eigenvalue weighted by Gasteiger charge is 2.27. The molecule has 0 aromatic carbocycles. The monoisotopic (exact) mass is 182 g/mol. The van der Waals surface area contributed by atoms with Crippen molar-refractivity contribution in [2.24, 2.45) is 5.92 Å². The molecule has 1 saturated carbocycles. The van der Waals surface area contributed by atoms with Crippen LogP contribution in [0.15, 0.2) is 17.5 Å². The van der Waals surface area contributed by atoms with Gasteiger partial charge in [0.2, 0.25) is 0 Å². The van der Waals surface area contributed by atoms with Gasteiger partial charge in [-0.2, -0.15) is 0 Å². The fourth-order valence-corrected chi connectivity index (χ4v) is 1.73. The standard InChI is InChI=1S/C9H10O2S/c10-9(7-3-1-4-7)11-8-5-2-6-12-8/h2,5-7H,1,3-4H2. The first-order chi connectivity index (χ1) is 5.86.